The second-order valence-electron chi connectivity index (χ2n) is 5.16. The molecule has 6 heteroatoms. The maximum atomic E-state index is 5.80. The highest BCUT2D eigenvalue weighted by molar-refractivity contribution is 14.0. The minimum Gasteiger partial charge on any atom is -0.357 e. The number of hydrogen-bond donors (Lipinski definition) is 2. The molecule has 0 fully saturated rings. The van der Waals surface area contributed by atoms with Crippen LogP contribution in [-0.4, -0.2) is 17.5 Å². The Bertz CT molecular complexity index is 644. The molecule has 2 N–H and O–H groups in total. The number of guanidine groups is 1. The summed E-state index contributed by atoms with van der Waals surface area (Å²) in [6, 6.07) is 12.2. The van der Waals surface area contributed by atoms with E-state index in [-0.39, 0.29) is 24.0 Å². The highest BCUT2D eigenvalue weighted by Gasteiger charge is 2.02. The van der Waals surface area contributed by atoms with E-state index in [0.717, 1.165) is 31.0 Å². The lowest BCUT2D eigenvalue weighted by molar-refractivity contribution is 0.808. The lowest BCUT2D eigenvalue weighted by Gasteiger charge is -2.13. The second-order valence-corrected chi connectivity index (χ2v) is 5.55. The van der Waals surface area contributed by atoms with E-state index in [1.807, 2.05) is 6.07 Å². The zero-order valence-electron chi connectivity index (χ0n) is 14.1. The molecule has 0 spiro atoms. The lowest BCUT2D eigenvalue weighted by atomic mass is 10.1. The fourth-order valence-electron chi connectivity index (χ4n) is 2.27. The van der Waals surface area contributed by atoms with Crippen LogP contribution >= 0.6 is 35.6 Å². The van der Waals surface area contributed by atoms with Crippen molar-refractivity contribution in [3.05, 3.63) is 64.4 Å². The highest BCUT2D eigenvalue weighted by atomic mass is 127. The Morgan fingerprint density at radius 2 is 1.83 bits per heavy atom. The molecule has 0 atom stereocenters. The molecule has 24 heavy (non-hydrogen) atoms. The van der Waals surface area contributed by atoms with E-state index >= 15 is 0 Å². The Morgan fingerprint density at radius 1 is 1.08 bits per heavy atom. The van der Waals surface area contributed by atoms with E-state index in [4.69, 9.17) is 11.6 Å². The minimum absolute atomic E-state index is 0. The molecule has 0 aliphatic rings. The summed E-state index contributed by atoms with van der Waals surface area (Å²) < 4.78 is 0. The Balaban J connectivity index is 0.00000288. The number of rotatable bonds is 6. The fraction of sp³-hybridized carbons (Fsp3) is 0.333. The van der Waals surface area contributed by atoms with E-state index in [9.17, 15) is 0 Å². The summed E-state index contributed by atoms with van der Waals surface area (Å²) in [4.78, 5) is 8.67. The summed E-state index contributed by atoms with van der Waals surface area (Å²) in [5, 5.41) is 7.15. The molecule has 0 bridgehead atoms. The summed E-state index contributed by atoms with van der Waals surface area (Å²) >= 11 is 5.80. The Kier molecular flexibility index (Phi) is 9.71. The van der Waals surface area contributed by atoms with Gasteiger partial charge in [-0.05, 0) is 36.1 Å². The zero-order chi connectivity index (χ0) is 16.5. The summed E-state index contributed by atoms with van der Waals surface area (Å²) in [7, 11) is 0. The predicted molar refractivity (Wildman–Crippen MR) is 112 cm³/mol. The minimum atomic E-state index is 0. The van der Waals surface area contributed by atoms with E-state index in [1.54, 1.807) is 12.3 Å². The normalized spacial score (nSPS) is 10.9. The first-order chi connectivity index (χ1) is 11.2. The lowest BCUT2D eigenvalue weighted by Crippen LogP contribution is -2.37. The molecule has 2 aromatic rings. The van der Waals surface area contributed by atoms with Gasteiger partial charge in [-0.3, -0.25) is 0 Å². The number of hydrogen-bond acceptors (Lipinski definition) is 2. The molecule has 0 aliphatic heterocycles. The van der Waals surface area contributed by atoms with E-state index in [0.29, 0.717) is 11.7 Å². The van der Waals surface area contributed by atoms with Gasteiger partial charge in [-0.1, -0.05) is 48.9 Å². The third-order valence-electron chi connectivity index (χ3n) is 3.50. The summed E-state index contributed by atoms with van der Waals surface area (Å²) in [6.45, 7) is 6.37. The molecular weight excluding hydrogens is 435 g/mol. The van der Waals surface area contributed by atoms with Crippen molar-refractivity contribution in [3.63, 3.8) is 0 Å². The molecule has 0 saturated carbocycles. The van der Waals surface area contributed by atoms with Crippen LogP contribution in [0.3, 0.4) is 0 Å². The first-order valence-corrected chi connectivity index (χ1v) is 8.30. The third kappa shape index (κ3) is 6.65. The van der Waals surface area contributed by atoms with Crippen molar-refractivity contribution >= 4 is 41.5 Å². The van der Waals surface area contributed by atoms with Gasteiger partial charge < -0.3 is 10.6 Å². The number of aliphatic imine (C=N–C) groups is 1. The average molecular weight is 459 g/mol. The average Bonchev–Trinajstić information content (AvgIpc) is 2.59. The van der Waals surface area contributed by atoms with Gasteiger partial charge in [0.15, 0.2) is 5.96 Å². The molecule has 0 amide bonds. The van der Waals surface area contributed by atoms with Gasteiger partial charge in [0.2, 0.25) is 0 Å². The second kappa shape index (κ2) is 11.3. The van der Waals surface area contributed by atoms with Gasteiger partial charge in [0, 0.05) is 19.3 Å². The molecule has 4 nitrogen and oxygen atoms in total. The van der Waals surface area contributed by atoms with Crippen molar-refractivity contribution < 1.29 is 0 Å². The topological polar surface area (TPSA) is 49.3 Å². The van der Waals surface area contributed by atoms with E-state index in [1.165, 1.54) is 11.1 Å². The van der Waals surface area contributed by atoms with Crippen molar-refractivity contribution in [1.29, 1.82) is 0 Å². The van der Waals surface area contributed by atoms with Gasteiger partial charge in [0.25, 0.3) is 0 Å². The van der Waals surface area contributed by atoms with Gasteiger partial charge in [0.1, 0.15) is 5.15 Å². The SMILES string of the molecule is CCNC(=NCc1ccc(Cl)nc1)NCc1ccccc1CC.I. The van der Waals surface area contributed by atoms with Gasteiger partial charge in [-0.25, -0.2) is 9.98 Å². The molecule has 0 radical (unpaired) electrons. The van der Waals surface area contributed by atoms with Crippen LogP contribution in [0.25, 0.3) is 0 Å². The van der Waals surface area contributed by atoms with E-state index in [2.05, 4.69) is 58.7 Å². The molecule has 0 aliphatic carbocycles. The molecule has 0 saturated heterocycles. The zero-order valence-corrected chi connectivity index (χ0v) is 17.1. The number of nitrogens with one attached hydrogen (secondary N) is 2. The van der Waals surface area contributed by atoms with Crippen molar-refractivity contribution in [2.75, 3.05) is 6.54 Å². The number of aryl methyl sites for hydroxylation is 1. The fourth-order valence-corrected chi connectivity index (χ4v) is 2.38. The van der Waals surface area contributed by atoms with Crippen molar-refractivity contribution in [1.82, 2.24) is 15.6 Å². The van der Waals surface area contributed by atoms with E-state index < -0.39 is 0 Å². The maximum absolute atomic E-state index is 5.80. The monoisotopic (exact) mass is 458 g/mol. The standard InChI is InChI=1S/C18H23ClN4.HI/c1-3-15-7-5-6-8-16(15)13-23-18(20-4-2)22-12-14-9-10-17(19)21-11-14;/h5-11H,3-4,12-13H2,1-2H3,(H2,20,22,23);1H. The van der Waals surface area contributed by atoms with Gasteiger partial charge >= 0.3 is 0 Å². The number of aromatic nitrogens is 1. The third-order valence-corrected chi connectivity index (χ3v) is 3.72. The highest BCUT2D eigenvalue weighted by Crippen LogP contribution is 2.09. The number of benzene rings is 1. The van der Waals surface area contributed by atoms with Crippen LogP contribution in [0.15, 0.2) is 47.6 Å². The van der Waals surface area contributed by atoms with Crippen LogP contribution in [0.4, 0.5) is 0 Å². The van der Waals surface area contributed by atoms with Crippen molar-refractivity contribution in [3.8, 4) is 0 Å². The predicted octanol–water partition coefficient (Wildman–Crippen LogP) is 4.17. The number of nitrogens with zero attached hydrogens (tertiary/aromatic N) is 2. The van der Waals surface area contributed by atoms with Crippen molar-refractivity contribution in [2.45, 2.75) is 33.4 Å². The number of halogens is 2. The van der Waals surface area contributed by atoms with Crippen LogP contribution in [0.1, 0.15) is 30.5 Å². The van der Waals surface area contributed by atoms with Crippen LogP contribution in [0, 0.1) is 0 Å². The van der Waals surface area contributed by atoms with Crippen molar-refractivity contribution in [2.24, 2.45) is 4.99 Å². The first-order valence-electron chi connectivity index (χ1n) is 7.92. The Hall–Kier alpha value is -1.34. The molecule has 2 rings (SSSR count). The molecule has 130 valence electrons. The van der Waals surface area contributed by atoms with Crippen LogP contribution < -0.4 is 10.6 Å². The molecule has 1 heterocycles. The molecular formula is C18H24ClIN4. The molecule has 1 aromatic carbocycles. The van der Waals surface area contributed by atoms with Crippen LogP contribution in [0.2, 0.25) is 5.15 Å². The van der Waals surface area contributed by atoms with Crippen LogP contribution in [0.5, 0.6) is 0 Å². The quantitative estimate of drug-likeness (QED) is 0.296. The van der Waals surface area contributed by atoms with Crippen LogP contribution in [-0.2, 0) is 19.5 Å². The molecule has 0 unspecified atom stereocenters. The largest absolute Gasteiger partial charge is 0.357 e. The first kappa shape index (κ1) is 20.7. The summed E-state index contributed by atoms with van der Waals surface area (Å²) in [5.41, 5.74) is 3.69. The Labute approximate surface area is 166 Å². The Morgan fingerprint density at radius 3 is 2.46 bits per heavy atom. The molecule has 1 aromatic heterocycles. The summed E-state index contributed by atoms with van der Waals surface area (Å²) in [5.74, 6) is 0.799. The van der Waals surface area contributed by atoms with Gasteiger partial charge in [-0.2, -0.15) is 0 Å². The maximum Gasteiger partial charge on any atom is 0.191 e. The smallest absolute Gasteiger partial charge is 0.191 e. The van der Waals surface area contributed by atoms with Gasteiger partial charge in [-0.15, -0.1) is 24.0 Å². The summed E-state index contributed by atoms with van der Waals surface area (Å²) in [6.07, 6.45) is 2.78. The number of pyridine rings is 1. The van der Waals surface area contributed by atoms with Gasteiger partial charge in [0.05, 0.1) is 6.54 Å².